The lowest BCUT2D eigenvalue weighted by atomic mass is 10.1. The van der Waals surface area contributed by atoms with Crippen molar-refractivity contribution in [2.75, 3.05) is 12.0 Å². The lowest BCUT2D eigenvalue weighted by Gasteiger charge is -2.03. The summed E-state index contributed by atoms with van der Waals surface area (Å²) in [5.41, 5.74) is 7.78. The Kier molecular flexibility index (Phi) is 3.05. The Hall–Kier alpha value is -1.62. The second kappa shape index (κ2) is 4.49. The molecule has 5 heteroatoms. The first-order valence-electron chi connectivity index (χ1n) is 4.81. The van der Waals surface area contributed by atoms with Crippen LogP contribution in [0.2, 0.25) is 0 Å². The third-order valence-electron chi connectivity index (χ3n) is 2.12. The Morgan fingerprint density at radius 1 is 1.06 bits per heavy atom. The number of nitrogens with zero attached hydrogens (tertiary/aromatic N) is 3. The number of thioether (sulfide) groups is 1. The number of hydrogen-bond acceptors (Lipinski definition) is 5. The molecule has 0 amide bonds. The normalized spacial score (nSPS) is 10.4. The van der Waals surface area contributed by atoms with Crippen molar-refractivity contribution in [3.8, 4) is 11.4 Å². The number of anilines is 1. The highest BCUT2D eigenvalue weighted by molar-refractivity contribution is 7.98. The monoisotopic (exact) mass is 232 g/mol. The van der Waals surface area contributed by atoms with Gasteiger partial charge in [0.1, 0.15) is 0 Å². The first-order valence-corrected chi connectivity index (χ1v) is 6.04. The van der Waals surface area contributed by atoms with Crippen molar-refractivity contribution in [1.29, 1.82) is 0 Å². The third-order valence-corrected chi connectivity index (χ3v) is 2.67. The second-order valence-electron chi connectivity index (χ2n) is 3.37. The molecule has 2 N–H and O–H groups in total. The summed E-state index contributed by atoms with van der Waals surface area (Å²) in [5, 5.41) is 0.642. The van der Waals surface area contributed by atoms with Crippen LogP contribution in [-0.4, -0.2) is 21.2 Å². The molecule has 82 valence electrons. The predicted molar refractivity (Wildman–Crippen MR) is 66.2 cm³/mol. The van der Waals surface area contributed by atoms with E-state index in [9.17, 15) is 0 Å². The predicted octanol–water partition coefficient (Wildman–Crippen LogP) is 2.15. The largest absolute Gasteiger partial charge is 0.368 e. The average Bonchev–Trinajstić information content (AvgIpc) is 2.29. The molecule has 0 bridgehead atoms. The average molecular weight is 232 g/mol. The molecule has 0 radical (unpaired) electrons. The molecule has 0 aliphatic rings. The van der Waals surface area contributed by atoms with E-state index in [4.69, 9.17) is 5.73 Å². The van der Waals surface area contributed by atoms with Gasteiger partial charge in [-0.25, -0.2) is 4.98 Å². The van der Waals surface area contributed by atoms with E-state index in [-0.39, 0.29) is 5.95 Å². The summed E-state index contributed by atoms with van der Waals surface area (Å²) in [7, 11) is 0. The molecule has 2 rings (SSSR count). The zero-order valence-electron chi connectivity index (χ0n) is 9.14. The smallest absolute Gasteiger partial charge is 0.224 e. The third kappa shape index (κ3) is 2.30. The van der Waals surface area contributed by atoms with Gasteiger partial charge < -0.3 is 5.73 Å². The molecular weight excluding hydrogens is 220 g/mol. The van der Waals surface area contributed by atoms with Gasteiger partial charge in [-0.3, -0.25) is 0 Å². The first-order chi connectivity index (χ1) is 7.69. The van der Waals surface area contributed by atoms with Gasteiger partial charge in [-0.05, 0) is 13.2 Å². The van der Waals surface area contributed by atoms with Crippen LogP contribution >= 0.6 is 11.8 Å². The van der Waals surface area contributed by atoms with Gasteiger partial charge in [0.15, 0.2) is 11.0 Å². The molecule has 0 aliphatic carbocycles. The maximum absolute atomic E-state index is 5.63. The minimum Gasteiger partial charge on any atom is -0.368 e. The van der Waals surface area contributed by atoms with Crippen LogP contribution in [0.25, 0.3) is 11.4 Å². The number of rotatable bonds is 2. The van der Waals surface area contributed by atoms with Crippen LogP contribution in [-0.2, 0) is 0 Å². The van der Waals surface area contributed by atoms with Crippen molar-refractivity contribution in [3.05, 3.63) is 29.8 Å². The van der Waals surface area contributed by atoms with Crippen LogP contribution in [0, 0.1) is 6.92 Å². The van der Waals surface area contributed by atoms with E-state index in [1.54, 1.807) is 0 Å². The topological polar surface area (TPSA) is 64.7 Å². The van der Waals surface area contributed by atoms with Gasteiger partial charge in [-0.15, -0.1) is 0 Å². The van der Waals surface area contributed by atoms with Gasteiger partial charge in [0.25, 0.3) is 0 Å². The summed E-state index contributed by atoms with van der Waals surface area (Å²) in [6.07, 6.45) is 1.91. The Balaban J connectivity index is 2.47. The molecular formula is C11H12N4S. The standard InChI is InChI=1S/C11H12N4S/c1-7-3-5-8(6-4-7)9-13-10(12)15-11(14-9)16-2/h3-6H,1-2H3,(H2,12,13,14,15). The molecule has 1 aromatic carbocycles. The molecule has 4 nitrogen and oxygen atoms in total. The molecule has 1 aromatic heterocycles. The fraction of sp³-hybridized carbons (Fsp3) is 0.182. The van der Waals surface area contributed by atoms with Crippen molar-refractivity contribution < 1.29 is 0 Å². The number of aromatic nitrogens is 3. The van der Waals surface area contributed by atoms with Gasteiger partial charge in [0, 0.05) is 5.56 Å². The molecule has 0 aliphatic heterocycles. The van der Waals surface area contributed by atoms with E-state index >= 15 is 0 Å². The van der Waals surface area contributed by atoms with E-state index in [1.165, 1.54) is 17.3 Å². The van der Waals surface area contributed by atoms with Crippen molar-refractivity contribution in [2.45, 2.75) is 12.1 Å². The summed E-state index contributed by atoms with van der Waals surface area (Å²) < 4.78 is 0. The lowest BCUT2D eigenvalue weighted by molar-refractivity contribution is 0.927. The Bertz CT molecular complexity index is 496. The quantitative estimate of drug-likeness (QED) is 0.804. The molecule has 1 heterocycles. The zero-order valence-corrected chi connectivity index (χ0v) is 9.95. The zero-order chi connectivity index (χ0) is 11.5. The first kappa shape index (κ1) is 10.9. The highest BCUT2D eigenvalue weighted by Gasteiger charge is 2.05. The van der Waals surface area contributed by atoms with Crippen LogP contribution in [0.4, 0.5) is 5.95 Å². The molecule has 0 fully saturated rings. The summed E-state index contributed by atoms with van der Waals surface area (Å²) >= 11 is 1.45. The lowest BCUT2D eigenvalue weighted by Crippen LogP contribution is -2.01. The highest BCUT2D eigenvalue weighted by Crippen LogP contribution is 2.18. The van der Waals surface area contributed by atoms with Crippen LogP contribution in [0.5, 0.6) is 0 Å². The number of hydrogen-bond donors (Lipinski definition) is 1. The van der Waals surface area contributed by atoms with E-state index < -0.39 is 0 Å². The van der Waals surface area contributed by atoms with Crippen LogP contribution in [0.15, 0.2) is 29.4 Å². The van der Waals surface area contributed by atoms with Crippen molar-refractivity contribution in [1.82, 2.24) is 15.0 Å². The van der Waals surface area contributed by atoms with Crippen LogP contribution in [0.1, 0.15) is 5.56 Å². The Labute approximate surface area is 98.3 Å². The Morgan fingerprint density at radius 2 is 1.75 bits per heavy atom. The van der Waals surface area contributed by atoms with Crippen molar-refractivity contribution in [2.24, 2.45) is 0 Å². The van der Waals surface area contributed by atoms with Crippen LogP contribution < -0.4 is 5.73 Å². The van der Waals surface area contributed by atoms with Crippen molar-refractivity contribution >= 4 is 17.7 Å². The number of nitrogen functional groups attached to an aromatic ring is 1. The fourth-order valence-corrected chi connectivity index (χ4v) is 1.66. The van der Waals surface area contributed by atoms with Gasteiger partial charge in [0.05, 0.1) is 0 Å². The molecule has 2 aromatic rings. The van der Waals surface area contributed by atoms with Gasteiger partial charge in [-0.1, -0.05) is 41.6 Å². The van der Waals surface area contributed by atoms with Crippen LogP contribution in [0.3, 0.4) is 0 Å². The van der Waals surface area contributed by atoms with E-state index in [0.29, 0.717) is 11.0 Å². The highest BCUT2D eigenvalue weighted by atomic mass is 32.2. The summed E-state index contributed by atoms with van der Waals surface area (Å²) in [6.45, 7) is 2.04. The number of aryl methyl sites for hydroxylation is 1. The van der Waals surface area contributed by atoms with Gasteiger partial charge in [0.2, 0.25) is 5.95 Å². The molecule has 0 atom stereocenters. The minimum absolute atomic E-state index is 0.259. The number of benzene rings is 1. The molecule has 0 spiro atoms. The minimum atomic E-state index is 0.259. The second-order valence-corrected chi connectivity index (χ2v) is 4.14. The van der Waals surface area contributed by atoms with Crippen molar-refractivity contribution in [3.63, 3.8) is 0 Å². The summed E-state index contributed by atoms with van der Waals surface area (Å²) in [6, 6.07) is 8.00. The van der Waals surface area contributed by atoms with Gasteiger partial charge in [-0.2, -0.15) is 9.97 Å². The Morgan fingerprint density at radius 3 is 2.38 bits per heavy atom. The molecule has 0 saturated heterocycles. The molecule has 0 unspecified atom stereocenters. The molecule has 16 heavy (non-hydrogen) atoms. The van der Waals surface area contributed by atoms with E-state index in [0.717, 1.165) is 5.56 Å². The maximum atomic E-state index is 5.63. The van der Waals surface area contributed by atoms with Gasteiger partial charge >= 0.3 is 0 Å². The fourth-order valence-electron chi connectivity index (χ4n) is 1.30. The SMILES string of the molecule is CSc1nc(N)nc(-c2ccc(C)cc2)n1. The summed E-state index contributed by atoms with van der Waals surface area (Å²) in [5.74, 6) is 0.881. The maximum Gasteiger partial charge on any atom is 0.224 e. The number of nitrogens with two attached hydrogens (primary N) is 1. The molecule has 0 saturated carbocycles. The van der Waals surface area contributed by atoms with E-state index in [1.807, 2.05) is 37.4 Å². The van der Waals surface area contributed by atoms with E-state index in [2.05, 4.69) is 15.0 Å². The summed E-state index contributed by atoms with van der Waals surface area (Å²) in [4.78, 5) is 12.5.